The molecule has 0 spiro atoms. The number of aromatic nitrogens is 1. The molecule has 4 nitrogen and oxygen atoms in total. The smallest absolute Gasteiger partial charge is 0.337 e. The van der Waals surface area contributed by atoms with Crippen molar-refractivity contribution in [3.63, 3.8) is 0 Å². The first-order valence-electron chi connectivity index (χ1n) is 5.16. The predicted molar refractivity (Wildman–Crippen MR) is 63.4 cm³/mol. The molecular formula is C13H11NO3. The molecule has 2 rings (SSSR count). The normalized spacial score (nSPS) is 10.5. The van der Waals surface area contributed by atoms with Crippen molar-refractivity contribution >= 4 is 22.7 Å². The number of aryl methyl sites for hydroxylation is 1. The number of rotatable bonds is 2. The number of fused-ring (bicyclic) bond motifs is 1. The van der Waals surface area contributed by atoms with Gasteiger partial charge in [0.05, 0.1) is 16.6 Å². The van der Waals surface area contributed by atoms with Gasteiger partial charge >= 0.3 is 5.97 Å². The van der Waals surface area contributed by atoms with Crippen molar-refractivity contribution in [2.75, 3.05) is 0 Å². The van der Waals surface area contributed by atoms with Crippen molar-refractivity contribution in [1.29, 1.82) is 0 Å². The Morgan fingerprint density at radius 3 is 2.41 bits per heavy atom. The Hall–Kier alpha value is -2.23. The summed E-state index contributed by atoms with van der Waals surface area (Å²) in [6, 6.07) is 6.92. The lowest BCUT2D eigenvalue weighted by atomic mass is 9.98. The third kappa shape index (κ3) is 1.78. The Kier molecular flexibility index (Phi) is 2.63. The molecule has 0 fully saturated rings. The lowest BCUT2D eigenvalue weighted by Crippen LogP contribution is -2.11. The molecule has 1 N–H and O–H groups in total. The molecule has 0 aliphatic carbocycles. The zero-order valence-electron chi connectivity index (χ0n) is 9.52. The van der Waals surface area contributed by atoms with Gasteiger partial charge in [0.15, 0.2) is 5.78 Å². The minimum atomic E-state index is -1.10. The lowest BCUT2D eigenvalue weighted by molar-refractivity contribution is 0.0694. The van der Waals surface area contributed by atoms with Crippen molar-refractivity contribution in [2.45, 2.75) is 13.8 Å². The summed E-state index contributed by atoms with van der Waals surface area (Å²) in [4.78, 5) is 27.1. The van der Waals surface area contributed by atoms with Crippen LogP contribution in [-0.2, 0) is 0 Å². The van der Waals surface area contributed by atoms with E-state index in [1.54, 1.807) is 31.2 Å². The van der Waals surface area contributed by atoms with Crippen molar-refractivity contribution in [2.24, 2.45) is 0 Å². The van der Waals surface area contributed by atoms with E-state index in [0.717, 1.165) is 0 Å². The van der Waals surface area contributed by atoms with Crippen molar-refractivity contribution < 1.29 is 14.7 Å². The van der Waals surface area contributed by atoms with Crippen LogP contribution in [0.1, 0.15) is 33.3 Å². The van der Waals surface area contributed by atoms with Gasteiger partial charge < -0.3 is 5.11 Å². The largest absolute Gasteiger partial charge is 0.478 e. The van der Waals surface area contributed by atoms with Gasteiger partial charge in [-0.2, -0.15) is 0 Å². The van der Waals surface area contributed by atoms with Crippen molar-refractivity contribution in [1.82, 2.24) is 4.98 Å². The van der Waals surface area contributed by atoms with Crippen LogP contribution in [0.5, 0.6) is 0 Å². The number of carbonyl (C=O) groups excluding carboxylic acids is 1. The molecular weight excluding hydrogens is 218 g/mol. The molecule has 4 heteroatoms. The number of pyridine rings is 1. The number of benzene rings is 1. The van der Waals surface area contributed by atoms with Crippen LogP contribution in [0.4, 0.5) is 0 Å². The van der Waals surface area contributed by atoms with Crippen molar-refractivity contribution in [3.05, 3.63) is 41.1 Å². The second kappa shape index (κ2) is 3.97. The van der Waals surface area contributed by atoms with Crippen LogP contribution in [0.15, 0.2) is 24.3 Å². The molecule has 1 aromatic heterocycles. The van der Waals surface area contributed by atoms with Gasteiger partial charge in [0, 0.05) is 11.1 Å². The number of carboxylic acids is 1. The maximum Gasteiger partial charge on any atom is 0.337 e. The van der Waals surface area contributed by atoms with Crippen LogP contribution in [0, 0.1) is 6.92 Å². The van der Waals surface area contributed by atoms with Crippen LogP contribution in [0.25, 0.3) is 10.9 Å². The second-order valence-electron chi connectivity index (χ2n) is 3.83. The Morgan fingerprint density at radius 1 is 1.18 bits per heavy atom. The SMILES string of the molecule is CC(=O)c1c(C)nc2ccccc2c1C(=O)O. The zero-order chi connectivity index (χ0) is 12.6. The number of para-hydroxylation sites is 1. The van der Waals surface area contributed by atoms with E-state index in [-0.39, 0.29) is 16.9 Å². The number of ketones is 1. The van der Waals surface area contributed by atoms with E-state index in [4.69, 9.17) is 0 Å². The van der Waals surface area contributed by atoms with Crippen LogP contribution < -0.4 is 0 Å². The third-order valence-electron chi connectivity index (χ3n) is 2.64. The van der Waals surface area contributed by atoms with E-state index < -0.39 is 5.97 Å². The van der Waals surface area contributed by atoms with E-state index in [0.29, 0.717) is 16.6 Å². The highest BCUT2D eigenvalue weighted by Gasteiger charge is 2.20. The molecule has 0 unspecified atom stereocenters. The summed E-state index contributed by atoms with van der Waals surface area (Å²) in [6.07, 6.45) is 0. The molecule has 0 aliphatic rings. The van der Waals surface area contributed by atoms with Gasteiger partial charge in [-0.3, -0.25) is 9.78 Å². The molecule has 0 bridgehead atoms. The molecule has 1 heterocycles. The van der Waals surface area contributed by atoms with E-state index in [1.807, 2.05) is 0 Å². The number of carbonyl (C=O) groups is 2. The van der Waals surface area contributed by atoms with Crippen LogP contribution in [-0.4, -0.2) is 21.8 Å². The van der Waals surface area contributed by atoms with Gasteiger partial charge in [0.1, 0.15) is 0 Å². The van der Waals surface area contributed by atoms with Gasteiger partial charge in [-0.15, -0.1) is 0 Å². The summed E-state index contributed by atoms with van der Waals surface area (Å²) in [5.41, 5.74) is 1.28. The molecule has 0 amide bonds. The number of Topliss-reactive ketones (excluding diaryl/α,β-unsaturated/α-hetero) is 1. The van der Waals surface area contributed by atoms with Gasteiger partial charge in [0.25, 0.3) is 0 Å². The Bertz CT molecular complexity index is 632. The van der Waals surface area contributed by atoms with Gasteiger partial charge in [-0.1, -0.05) is 18.2 Å². The first kappa shape index (κ1) is 11.3. The van der Waals surface area contributed by atoms with E-state index in [9.17, 15) is 14.7 Å². The van der Waals surface area contributed by atoms with E-state index >= 15 is 0 Å². The third-order valence-corrected chi connectivity index (χ3v) is 2.64. The lowest BCUT2D eigenvalue weighted by Gasteiger charge is -2.09. The maximum atomic E-state index is 11.5. The highest BCUT2D eigenvalue weighted by molar-refractivity contribution is 6.13. The summed E-state index contributed by atoms with van der Waals surface area (Å²) >= 11 is 0. The minimum absolute atomic E-state index is 0.0422. The standard InChI is InChI=1S/C13H11NO3/c1-7-11(8(2)15)12(13(16)17)9-5-3-4-6-10(9)14-7/h3-6H,1-2H3,(H,16,17). The van der Waals surface area contributed by atoms with E-state index in [1.165, 1.54) is 6.92 Å². The quantitative estimate of drug-likeness (QED) is 0.803. The molecule has 86 valence electrons. The Labute approximate surface area is 97.9 Å². The highest BCUT2D eigenvalue weighted by Crippen LogP contribution is 2.23. The molecule has 0 saturated carbocycles. The fourth-order valence-corrected chi connectivity index (χ4v) is 1.99. The summed E-state index contributed by atoms with van der Waals surface area (Å²) in [7, 11) is 0. The monoisotopic (exact) mass is 229 g/mol. The predicted octanol–water partition coefficient (Wildman–Crippen LogP) is 2.44. The minimum Gasteiger partial charge on any atom is -0.478 e. The first-order valence-corrected chi connectivity index (χ1v) is 5.16. The average molecular weight is 229 g/mol. The fraction of sp³-hybridized carbons (Fsp3) is 0.154. The average Bonchev–Trinajstić information content (AvgIpc) is 2.26. The van der Waals surface area contributed by atoms with E-state index in [2.05, 4.69) is 4.98 Å². The Balaban J connectivity index is 2.99. The molecule has 1 aromatic carbocycles. The first-order chi connectivity index (χ1) is 8.02. The number of nitrogens with zero attached hydrogens (tertiary/aromatic N) is 1. The van der Waals surface area contributed by atoms with Crippen LogP contribution in [0.2, 0.25) is 0 Å². The molecule has 17 heavy (non-hydrogen) atoms. The maximum absolute atomic E-state index is 11.5. The molecule has 0 aliphatic heterocycles. The summed E-state index contributed by atoms with van der Waals surface area (Å²) in [5, 5.41) is 9.75. The fourth-order valence-electron chi connectivity index (χ4n) is 1.99. The Morgan fingerprint density at radius 2 is 1.82 bits per heavy atom. The summed E-state index contributed by atoms with van der Waals surface area (Å²) in [6.45, 7) is 3.00. The molecule has 0 atom stereocenters. The molecule has 0 radical (unpaired) electrons. The van der Waals surface area contributed by atoms with Gasteiger partial charge in [-0.25, -0.2) is 4.79 Å². The molecule has 2 aromatic rings. The number of hydrogen-bond donors (Lipinski definition) is 1. The number of carboxylic acid groups (broad SMARTS) is 1. The van der Waals surface area contributed by atoms with Crippen molar-refractivity contribution in [3.8, 4) is 0 Å². The highest BCUT2D eigenvalue weighted by atomic mass is 16.4. The topological polar surface area (TPSA) is 67.3 Å². The zero-order valence-corrected chi connectivity index (χ0v) is 9.52. The summed E-state index contributed by atoms with van der Waals surface area (Å²) in [5.74, 6) is -1.38. The number of hydrogen-bond acceptors (Lipinski definition) is 3. The van der Waals surface area contributed by atoms with Crippen LogP contribution in [0.3, 0.4) is 0 Å². The number of aromatic carboxylic acids is 1. The van der Waals surface area contributed by atoms with Crippen LogP contribution >= 0.6 is 0 Å². The molecule has 0 saturated heterocycles. The summed E-state index contributed by atoms with van der Waals surface area (Å²) < 4.78 is 0. The second-order valence-corrected chi connectivity index (χ2v) is 3.83. The van der Waals surface area contributed by atoms with Gasteiger partial charge in [0.2, 0.25) is 0 Å². The van der Waals surface area contributed by atoms with Gasteiger partial charge in [-0.05, 0) is 19.9 Å².